The standard InChI is InChI=1S/C18H26N4O/c1-14(2)9-10-20-18-21-16(15-7-5-4-6-8-15)13-17(22-18)19-11-12-23-3/h4-8,13-14H,9-12H2,1-3H3,(H2,19,20,21,22). The number of methoxy groups -OCH3 is 1. The fourth-order valence-electron chi connectivity index (χ4n) is 2.13. The maximum absolute atomic E-state index is 5.08. The Morgan fingerprint density at radius 2 is 1.83 bits per heavy atom. The Balaban J connectivity index is 2.17. The van der Waals surface area contributed by atoms with Crippen LogP contribution in [0.15, 0.2) is 36.4 Å². The lowest BCUT2D eigenvalue weighted by Crippen LogP contribution is -2.12. The summed E-state index contributed by atoms with van der Waals surface area (Å²) in [4.78, 5) is 9.17. The quantitative estimate of drug-likeness (QED) is 0.692. The maximum Gasteiger partial charge on any atom is 0.225 e. The highest BCUT2D eigenvalue weighted by Crippen LogP contribution is 2.21. The van der Waals surface area contributed by atoms with Crippen LogP contribution in [0.25, 0.3) is 11.3 Å². The number of aromatic nitrogens is 2. The van der Waals surface area contributed by atoms with Crippen molar-refractivity contribution in [2.45, 2.75) is 20.3 Å². The first-order chi connectivity index (χ1) is 11.2. The zero-order valence-corrected chi connectivity index (χ0v) is 14.2. The highest BCUT2D eigenvalue weighted by Gasteiger charge is 2.06. The van der Waals surface area contributed by atoms with E-state index < -0.39 is 0 Å². The zero-order valence-electron chi connectivity index (χ0n) is 14.2. The summed E-state index contributed by atoms with van der Waals surface area (Å²) in [5.41, 5.74) is 1.99. The lowest BCUT2D eigenvalue weighted by molar-refractivity contribution is 0.210. The van der Waals surface area contributed by atoms with E-state index in [0.29, 0.717) is 25.0 Å². The minimum Gasteiger partial charge on any atom is -0.383 e. The molecule has 23 heavy (non-hydrogen) atoms. The van der Waals surface area contributed by atoms with Crippen molar-refractivity contribution in [3.8, 4) is 11.3 Å². The van der Waals surface area contributed by atoms with Gasteiger partial charge in [0.2, 0.25) is 5.95 Å². The smallest absolute Gasteiger partial charge is 0.225 e. The van der Waals surface area contributed by atoms with Gasteiger partial charge in [-0.2, -0.15) is 4.98 Å². The first-order valence-corrected chi connectivity index (χ1v) is 8.10. The van der Waals surface area contributed by atoms with Crippen LogP contribution in [0, 0.1) is 5.92 Å². The van der Waals surface area contributed by atoms with Crippen molar-refractivity contribution in [1.82, 2.24) is 9.97 Å². The van der Waals surface area contributed by atoms with Crippen molar-refractivity contribution in [1.29, 1.82) is 0 Å². The van der Waals surface area contributed by atoms with Gasteiger partial charge in [0.05, 0.1) is 12.3 Å². The van der Waals surface area contributed by atoms with Gasteiger partial charge in [-0.05, 0) is 12.3 Å². The Bertz CT molecular complexity index is 587. The fraction of sp³-hybridized carbons (Fsp3) is 0.444. The Hall–Kier alpha value is -2.14. The minimum absolute atomic E-state index is 0.640. The summed E-state index contributed by atoms with van der Waals surface area (Å²) in [6.07, 6.45) is 1.09. The molecule has 2 aromatic rings. The molecule has 0 unspecified atom stereocenters. The van der Waals surface area contributed by atoms with Crippen molar-refractivity contribution in [2.75, 3.05) is 37.4 Å². The number of nitrogens with zero attached hydrogens (tertiary/aromatic N) is 2. The molecule has 2 rings (SSSR count). The van der Waals surface area contributed by atoms with Crippen molar-refractivity contribution >= 4 is 11.8 Å². The van der Waals surface area contributed by atoms with E-state index in [-0.39, 0.29) is 0 Å². The number of rotatable bonds is 9. The zero-order chi connectivity index (χ0) is 16.5. The van der Waals surface area contributed by atoms with Crippen LogP contribution in [0.4, 0.5) is 11.8 Å². The first-order valence-electron chi connectivity index (χ1n) is 8.10. The molecule has 0 aliphatic heterocycles. The van der Waals surface area contributed by atoms with Crippen LogP contribution < -0.4 is 10.6 Å². The Morgan fingerprint density at radius 1 is 1.04 bits per heavy atom. The third kappa shape index (κ3) is 5.87. The molecule has 0 saturated carbocycles. The van der Waals surface area contributed by atoms with E-state index in [2.05, 4.69) is 46.6 Å². The van der Waals surface area contributed by atoms with Crippen LogP contribution in [-0.2, 0) is 4.74 Å². The van der Waals surface area contributed by atoms with Crippen molar-refractivity contribution < 1.29 is 4.74 Å². The Kier molecular flexibility index (Phi) is 6.81. The van der Waals surface area contributed by atoms with Gasteiger partial charge in [-0.15, -0.1) is 0 Å². The molecule has 5 nitrogen and oxygen atoms in total. The summed E-state index contributed by atoms with van der Waals surface area (Å²) < 4.78 is 5.08. The van der Waals surface area contributed by atoms with Crippen LogP contribution in [0.5, 0.6) is 0 Å². The van der Waals surface area contributed by atoms with Gasteiger partial charge >= 0.3 is 0 Å². The second-order valence-electron chi connectivity index (χ2n) is 5.86. The van der Waals surface area contributed by atoms with E-state index in [9.17, 15) is 0 Å². The predicted octanol–water partition coefficient (Wildman–Crippen LogP) is 3.66. The molecule has 0 saturated heterocycles. The lowest BCUT2D eigenvalue weighted by atomic mass is 10.1. The summed E-state index contributed by atoms with van der Waals surface area (Å²) in [7, 11) is 1.69. The Morgan fingerprint density at radius 3 is 2.52 bits per heavy atom. The van der Waals surface area contributed by atoms with Gasteiger partial charge in [-0.1, -0.05) is 44.2 Å². The van der Waals surface area contributed by atoms with E-state index in [1.165, 1.54) is 0 Å². The number of hydrogen-bond acceptors (Lipinski definition) is 5. The highest BCUT2D eigenvalue weighted by atomic mass is 16.5. The summed E-state index contributed by atoms with van der Waals surface area (Å²) in [5, 5.41) is 6.60. The van der Waals surface area contributed by atoms with Crippen LogP contribution in [0.2, 0.25) is 0 Å². The van der Waals surface area contributed by atoms with E-state index in [1.807, 2.05) is 24.3 Å². The number of nitrogens with one attached hydrogen (secondary N) is 2. The normalized spacial score (nSPS) is 10.8. The molecule has 0 aliphatic carbocycles. The van der Waals surface area contributed by atoms with Gasteiger partial charge in [0, 0.05) is 31.8 Å². The average molecular weight is 314 g/mol. The van der Waals surface area contributed by atoms with E-state index >= 15 is 0 Å². The monoisotopic (exact) mass is 314 g/mol. The molecule has 5 heteroatoms. The molecule has 1 heterocycles. The van der Waals surface area contributed by atoms with Crippen LogP contribution in [0.3, 0.4) is 0 Å². The molecule has 124 valence electrons. The maximum atomic E-state index is 5.08. The van der Waals surface area contributed by atoms with E-state index in [4.69, 9.17) is 4.74 Å². The SMILES string of the molecule is COCCNc1cc(-c2ccccc2)nc(NCCC(C)C)n1. The molecular weight excluding hydrogens is 288 g/mol. The predicted molar refractivity (Wildman–Crippen MR) is 95.8 cm³/mol. The fourth-order valence-corrected chi connectivity index (χ4v) is 2.13. The van der Waals surface area contributed by atoms with Gasteiger partial charge < -0.3 is 15.4 Å². The number of hydrogen-bond donors (Lipinski definition) is 2. The molecule has 0 fully saturated rings. The summed E-state index contributed by atoms with van der Waals surface area (Å²) in [5.74, 6) is 2.12. The largest absolute Gasteiger partial charge is 0.383 e. The van der Waals surface area contributed by atoms with Gasteiger partial charge in [-0.25, -0.2) is 4.98 Å². The van der Waals surface area contributed by atoms with Crippen LogP contribution >= 0.6 is 0 Å². The third-order valence-electron chi connectivity index (χ3n) is 3.41. The van der Waals surface area contributed by atoms with Gasteiger partial charge in [0.15, 0.2) is 0 Å². The second-order valence-corrected chi connectivity index (χ2v) is 5.86. The van der Waals surface area contributed by atoms with Crippen LogP contribution in [-0.4, -0.2) is 36.8 Å². The lowest BCUT2D eigenvalue weighted by Gasteiger charge is -2.12. The van der Waals surface area contributed by atoms with E-state index in [1.54, 1.807) is 7.11 Å². The van der Waals surface area contributed by atoms with Crippen molar-refractivity contribution in [2.24, 2.45) is 5.92 Å². The van der Waals surface area contributed by atoms with Gasteiger partial charge in [-0.3, -0.25) is 0 Å². The first kappa shape index (κ1) is 17.2. The van der Waals surface area contributed by atoms with Crippen LogP contribution in [0.1, 0.15) is 20.3 Å². The molecule has 0 bridgehead atoms. The third-order valence-corrected chi connectivity index (χ3v) is 3.41. The molecular formula is C18H26N4O. The molecule has 0 spiro atoms. The molecule has 0 amide bonds. The highest BCUT2D eigenvalue weighted by molar-refractivity contribution is 5.64. The Labute approximate surface area is 138 Å². The molecule has 1 aromatic heterocycles. The topological polar surface area (TPSA) is 59.1 Å². The molecule has 2 N–H and O–H groups in total. The molecule has 0 aliphatic rings. The van der Waals surface area contributed by atoms with Crippen molar-refractivity contribution in [3.63, 3.8) is 0 Å². The summed E-state index contributed by atoms with van der Waals surface area (Å²) >= 11 is 0. The van der Waals surface area contributed by atoms with E-state index in [0.717, 1.165) is 30.0 Å². The number of ether oxygens (including phenoxy) is 1. The average Bonchev–Trinajstić information content (AvgIpc) is 2.55. The molecule has 1 aromatic carbocycles. The van der Waals surface area contributed by atoms with Gasteiger partial charge in [0.25, 0.3) is 0 Å². The summed E-state index contributed by atoms with van der Waals surface area (Å²) in [6, 6.07) is 12.1. The second kappa shape index (κ2) is 9.10. The summed E-state index contributed by atoms with van der Waals surface area (Å²) in [6.45, 7) is 6.64. The van der Waals surface area contributed by atoms with Crippen molar-refractivity contribution in [3.05, 3.63) is 36.4 Å². The number of benzene rings is 1. The molecule has 0 atom stereocenters. The minimum atomic E-state index is 0.640. The number of anilines is 2. The molecule has 0 radical (unpaired) electrons. The van der Waals surface area contributed by atoms with Gasteiger partial charge in [0.1, 0.15) is 5.82 Å².